The lowest BCUT2D eigenvalue weighted by Crippen LogP contribution is -2.53. The number of imidazole rings is 1. The van der Waals surface area contributed by atoms with Crippen LogP contribution in [-0.2, 0) is 4.74 Å². The monoisotopic (exact) mass is 418 g/mol. The van der Waals surface area contributed by atoms with E-state index in [2.05, 4.69) is 57.7 Å². The van der Waals surface area contributed by atoms with Gasteiger partial charge in [0, 0.05) is 25.1 Å². The van der Waals surface area contributed by atoms with Crippen molar-refractivity contribution in [3.8, 4) is 5.75 Å². The summed E-state index contributed by atoms with van der Waals surface area (Å²) in [5, 5.41) is 3.89. The van der Waals surface area contributed by atoms with Gasteiger partial charge in [-0.1, -0.05) is 24.3 Å². The number of ether oxygens (including phenoxy) is 2. The molecule has 3 aromatic rings. The molecular weight excluding hydrogens is 388 g/mol. The Morgan fingerprint density at radius 3 is 2.90 bits per heavy atom. The second kappa shape index (κ2) is 7.84. The van der Waals surface area contributed by atoms with Gasteiger partial charge in [-0.15, -0.1) is 0 Å². The Hall–Kier alpha value is -2.57. The fourth-order valence-electron chi connectivity index (χ4n) is 5.18. The van der Waals surface area contributed by atoms with Gasteiger partial charge in [0.15, 0.2) is 0 Å². The van der Waals surface area contributed by atoms with Crippen LogP contribution in [0.15, 0.2) is 42.5 Å². The molecule has 0 radical (unpaired) electrons. The van der Waals surface area contributed by atoms with E-state index in [1.807, 2.05) is 7.11 Å². The molecule has 2 N–H and O–H groups in total. The molecule has 1 aromatic heterocycles. The SMILES string of the molecule is CO[C@H]1CCCN([C@H]2COc3ccccc3[C@@H]2Nc2cccc3[nH]c(C4CC4)nc23)C1. The molecule has 0 unspecified atom stereocenters. The molecule has 2 fully saturated rings. The van der Waals surface area contributed by atoms with E-state index >= 15 is 0 Å². The summed E-state index contributed by atoms with van der Waals surface area (Å²) >= 11 is 0. The minimum Gasteiger partial charge on any atom is -0.491 e. The smallest absolute Gasteiger partial charge is 0.124 e. The van der Waals surface area contributed by atoms with Gasteiger partial charge in [0.1, 0.15) is 23.7 Å². The second-order valence-electron chi connectivity index (χ2n) is 9.13. The van der Waals surface area contributed by atoms with Gasteiger partial charge in [0.2, 0.25) is 0 Å². The van der Waals surface area contributed by atoms with Gasteiger partial charge in [-0.25, -0.2) is 4.98 Å². The minimum absolute atomic E-state index is 0.132. The molecule has 6 heteroatoms. The van der Waals surface area contributed by atoms with Gasteiger partial charge >= 0.3 is 0 Å². The highest BCUT2D eigenvalue weighted by molar-refractivity contribution is 5.88. The number of hydrogen-bond acceptors (Lipinski definition) is 5. The van der Waals surface area contributed by atoms with Crippen molar-refractivity contribution in [3.63, 3.8) is 0 Å². The minimum atomic E-state index is 0.132. The Morgan fingerprint density at radius 2 is 2.03 bits per heavy atom. The third kappa shape index (κ3) is 3.58. The van der Waals surface area contributed by atoms with Crippen LogP contribution in [0.4, 0.5) is 5.69 Å². The number of rotatable bonds is 5. The van der Waals surface area contributed by atoms with Crippen LogP contribution >= 0.6 is 0 Å². The molecule has 3 heterocycles. The van der Waals surface area contributed by atoms with E-state index in [1.54, 1.807) is 0 Å². The summed E-state index contributed by atoms with van der Waals surface area (Å²) in [7, 11) is 1.83. The summed E-state index contributed by atoms with van der Waals surface area (Å²) in [6.07, 6.45) is 5.07. The van der Waals surface area contributed by atoms with Crippen molar-refractivity contribution in [2.75, 3.05) is 32.1 Å². The highest BCUT2D eigenvalue weighted by Crippen LogP contribution is 2.41. The first-order chi connectivity index (χ1) is 15.3. The van der Waals surface area contributed by atoms with Gasteiger partial charge in [0.25, 0.3) is 0 Å². The number of nitrogens with one attached hydrogen (secondary N) is 2. The van der Waals surface area contributed by atoms with Gasteiger partial charge in [-0.2, -0.15) is 0 Å². The standard InChI is InChI=1S/C25H30N4O2/c1-30-17-6-5-13-29(14-17)21-15-31-22-10-3-2-7-18(22)23(21)26-19-8-4-9-20-24(19)28-25(27-20)16-11-12-16/h2-4,7-10,16-17,21,23,26H,5-6,11-15H2,1H3,(H,27,28)/t17-,21-,23-/m0/s1. The average molecular weight is 419 g/mol. The third-order valence-electron chi connectivity index (χ3n) is 7.07. The van der Waals surface area contributed by atoms with Crippen LogP contribution in [0.1, 0.15) is 49.0 Å². The summed E-state index contributed by atoms with van der Waals surface area (Å²) in [5.41, 5.74) is 4.46. The Kier molecular flexibility index (Phi) is 4.84. The van der Waals surface area contributed by atoms with Crippen molar-refractivity contribution < 1.29 is 9.47 Å². The van der Waals surface area contributed by atoms with E-state index in [9.17, 15) is 0 Å². The van der Waals surface area contributed by atoms with Crippen molar-refractivity contribution in [2.24, 2.45) is 0 Å². The van der Waals surface area contributed by atoms with E-state index in [0.29, 0.717) is 18.6 Å². The first-order valence-electron chi connectivity index (χ1n) is 11.5. The molecule has 162 valence electrons. The number of H-pyrrole nitrogens is 1. The predicted octanol–water partition coefficient (Wildman–Crippen LogP) is 4.47. The maximum atomic E-state index is 6.21. The van der Waals surface area contributed by atoms with E-state index in [1.165, 1.54) is 18.4 Å². The molecule has 0 bridgehead atoms. The lowest BCUT2D eigenvalue weighted by molar-refractivity contribution is -0.00266. The summed E-state index contributed by atoms with van der Waals surface area (Å²) < 4.78 is 11.9. The van der Waals surface area contributed by atoms with Crippen molar-refractivity contribution in [1.82, 2.24) is 14.9 Å². The van der Waals surface area contributed by atoms with Crippen LogP contribution in [-0.4, -0.2) is 53.8 Å². The lowest BCUT2D eigenvalue weighted by atomic mass is 9.92. The summed E-state index contributed by atoms with van der Waals surface area (Å²) in [6, 6.07) is 15.2. The van der Waals surface area contributed by atoms with Crippen LogP contribution < -0.4 is 10.1 Å². The van der Waals surface area contributed by atoms with E-state index in [4.69, 9.17) is 14.5 Å². The fourth-order valence-corrected chi connectivity index (χ4v) is 5.18. The second-order valence-corrected chi connectivity index (χ2v) is 9.13. The third-order valence-corrected chi connectivity index (χ3v) is 7.07. The molecular formula is C25H30N4O2. The number of fused-ring (bicyclic) bond motifs is 2. The zero-order chi connectivity index (χ0) is 20.8. The molecule has 1 saturated heterocycles. The van der Waals surface area contributed by atoms with Gasteiger partial charge in [0.05, 0.1) is 29.4 Å². The van der Waals surface area contributed by atoms with Crippen LogP contribution in [0.3, 0.4) is 0 Å². The Morgan fingerprint density at radius 1 is 1.13 bits per heavy atom. The summed E-state index contributed by atoms with van der Waals surface area (Å²) in [4.78, 5) is 11.1. The zero-order valence-electron chi connectivity index (χ0n) is 18.0. The lowest BCUT2D eigenvalue weighted by Gasteiger charge is -2.44. The molecule has 0 amide bonds. The van der Waals surface area contributed by atoms with E-state index in [0.717, 1.165) is 54.2 Å². The molecule has 1 aliphatic carbocycles. The largest absolute Gasteiger partial charge is 0.491 e. The van der Waals surface area contributed by atoms with E-state index in [-0.39, 0.29) is 12.1 Å². The molecule has 0 spiro atoms. The maximum absolute atomic E-state index is 6.21. The van der Waals surface area contributed by atoms with Gasteiger partial charge in [-0.05, 0) is 50.4 Å². The Bertz CT molecular complexity index is 1080. The van der Waals surface area contributed by atoms with Gasteiger partial charge < -0.3 is 19.8 Å². The molecule has 2 aliphatic heterocycles. The molecule has 31 heavy (non-hydrogen) atoms. The van der Waals surface area contributed by atoms with Crippen molar-refractivity contribution in [2.45, 2.75) is 49.8 Å². The number of anilines is 1. The fraction of sp³-hybridized carbons (Fsp3) is 0.480. The predicted molar refractivity (Wildman–Crippen MR) is 122 cm³/mol. The van der Waals surface area contributed by atoms with Crippen molar-refractivity contribution >= 4 is 16.7 Å². The quantitative estimate of drug-likeness (QED) is 0.640. The van der Waals surface area contributed by atoms with Crippen molar-refractivity contribution in [3.05, 3.63) is 53.9 Å². The number of benzene rings is 2. The topological polar surface area (TPSA) is 62.4 Å². The molecule has 2 aromatic carbocycles. The number of aromatic nitrogens is 2. The first kappa shape index (κ1) is 19.1. The normalized spacial score (nSPS) is 26.4. The summed E-state index contributed by atoms with van der Waals surface area (Å²) in [6.45, 7) is 2.70. The number of likely N-dealkylation sites (tertiary alicyclic amines) is 1. The highest BCUT2D eigenvalue weighted by Gasteiger charge is 2.37. The number of aromatic amines is 1. The molecule has 1 saturated carbocycles. The molecule has 3 aliphatic rings. The maximum Gasteiger partial charge on any atom is 0.124 e. The first-order valence-corrected chi connectivity index (χ1v) is 11.5. The van der Waals surface area contributed by atoms with Crippen LogP contribution in [0.25, 0.3) is 11.0 Å². The zero-order valence-corrected chi connectivity index (χ0v) is 18.0. The average Bonchev–Trinajstić information content (AvgIpc) is 3.58. The number of methoxy groups -OCH3 is 1. The van der Waals surface area contributed by atoms with Crippen LogP contribution in [0, 0.1) is 0 Å². The Balaban J connectivity index is 1.36. The molecule has 3 atom stereocenters. The van der Waals surface area contributed by atoms with Crippen LogP contribution in [0.2, 0.25) is 0 Å². The van der Waals surface area contributed by atoms with Crippen molar-refractivity contribution in [1.29, 1.82) is 0 Å². The number of para-hydroxylation sites is 2. The number of piperidine rings is 1. The van der Waals surface area contributed by atoms with Gasteiger partial charge in [-0.3, -0.25) is 4.90 Å². The number of nitrogens with zero attached hydrogens (tertiary/aromatic N) is 2. The Labute approximate surface area is 182 Å². The molecule has 6 rings (SSSR count). The number of hydrogen-bond donors (Lipinski definition) is 2. The van der Waals surface area contributed by atoms with E-state index < -0.39 is 0 Å². The van der Waals surface area contributed by atoms with Crippen LogP contribution in [0.5, 0.6) is 5.75 Å². The molecule has 6 nitrogen and oxygen atoms in total. The summed E-state index contributed by atoms with van der Waals surface area (Å²) in [5.74, 6) is 2.72. The highest BCUT2D eigenvalue weighted by atomic mass is 16.5.